The van der Waals surface area contributed by atoms with Gasteiger partial charge in [-0.2, -0.15) is 4.31 Å². The number of piperidine rings is 1. The maximum absolute atomic E-state index is 12.6. The molecule has 0 spiro atoms. The Morgan fingerprint density at radius 2 is 1.70 bits per heavy atom. The standard InChI is InChI=1S/C15H21NO6S/c1-21-15(22-2)12-7-9-16(10-8-12)23(19,20)13-5-3-11(4-6-13)14(17)18/h3-6,12,15H,7-10H2,1-2H3,(H,17,18). The van der Waals surface area contributed by atoms with Crippen LogP contribution in [0.3, 0.4) is 0 Å². The van der Waals surface area contributed by atoms with Crippen LogP contribution in [0.15, 0.2) is 29.2 Å². The van der Waals surface area contributed by atoms with Gasteiger partial charge in [-0.05, 0) is 37.1 Å². The van der Waals surface area contributed by atoms with Crippen molar-refractivity contribution in [2.45, 2.75) is 24.0 Å². The first-order chi connectivity index (χ1) is 10.9. The molecule has 1 fully saturated rings. The lowest BCUT2D eigenvalue weighted by Gasteiger charge is -2.34. The van der Waals surface area contributed by atoms with Gasteiger partial charge in [-0.3, -0.25) is 0 Å². The van der Waals surface area contributed by atoms with Crippen LogP contribution in [-0.2, 0) is 19.5 Å². The number of sulfonamides is 1. The molecule has 2 rings (SSSR count). The lowest BCUT2D eigenvalue weighted by molar-refractivity contribution is -0.144. The minimum absolute atomic E-state index is 0.0608. The summed E-state index contributed by atoms with van der Waals surface area (Å²) in [6.45, 7) is 0.772. The van der Waals surface area contributed by atoms with E-state index in [0.29, 0.717) is 25.9 Å². The number of hydrogen-bond acceptors (Lipinski definition) is 5. The number of rotatable bonds is 6. The number of benzene rings is 1. The molecule has 128 valence electrons. The first kappa shape index (κ1) is 17.9. The van der Waals surface area contributed by atoms with Crippen molar-refractivity contribution in [2.75, 3.05) is 27.3 Å². The fraction of sp³-hybridized carbons (Fsp3) is 0.533. The van der Waals surface area contributed by atoms with Crippen LogP contribution in [0.5, 0.6) is 0 Å². The fourth-order valence-electron chi connectivity index (χ4n) is 2.79. The van der Waals surface area contributed by atoms with E-state index in [1.165, 1.54) is 28.6 Å². The Balaban J connectivity index is 2.08. The maximum Gasteiger partial charge on any atom is 0.335 e. The molecule has 0 bridgehead atoms. The van der Waals surface area contributed by atoms with Gasteiger partial charge in [0.05, 0.1) is 10.5 Å². The van der Waals surface area contributed by atoms with E-state index in [2.05, 4.69) is 0 Å². The molecule has 0 radical (unpaired) electrons. The molecular weight excluding hydrogens is 322 g/mol. The van der Waals surface area contributed by atoms with Gasteiger partial charge in [0.2, 0.25) is 10.0 Å². The van der Waals surface area contributed by atoms with Crippen LogP contribution in [0.25, 0.3) is 0 Å². The van der Waals surface area contributed by atoms with E-state index in [1.807, 2.05) is 0 Å². The number of carbonyl (C=O) groups is 1. The molecule has 1 aliphatic heterocycles. The Bertz CT molecular complexity index is 630. The Morgan fingerprint density at radius 3 is 2.13 bits per heavy atom. The molecule has 0 atom stereocenters. The predicted molar refractivity (Wildman–Crippen MR) is 82.7 cm³/mol. The molecule has 1 N–H and O–H groups in total. The average molecular weight is 343 g/mol. The van der Waals surface area contributed by atoms with E-state index in [-0.39, 0.29) is 22.7 Å². The average Bonchev–Trinajstić information content (AvgIpc) is 2.56. The second kappa shape index (κ2) is 7.39. The number of methoxy groups -OCH3 is 2. The smallest absolute Gasteiger partial charge is 0.335 e. The SMILES string of the molecule is COC(OC)C1CCN(S(=O)(=O)c2ccc(C(=O)O)cc2)CC1. The summed E-state index contributed by atoms with van der Waals surface area (Å²) in [5, 5.41) is 8.87. The zero-order chi connectivity index (χ0) is 17.0. The summed E-state index contributed by atoms with van der Waals surface area (Å²) in [7, 11) is -0.467. The second-order valence-corrected chi connectivity index (χ2v) is 7.35. The minimum Gasteiger partial charge on any atom is -0.478 e. The van der Waals surface area contributed by atoms with Gasteiger partial charge in [0.1, 0.15) is 0 Å². The van der Waals surface area contributed by atoms with Gasteiger partial charge < -0.3 is 14.6 Å². The summed E-state index contributed by atoms with van der Waals surface area (Å²) >= 11 is 0. The van der Waals surface area contributed by atoms with Crippen molar-refractivity contribution in [3.8, 4) is 0 Å². The highest BCUT2D eigenvalue weighted by atomic mass is 32.2. The molecule has 1 saturated heterocycles. The first-order valence-corrected chi connectivity index (χ1v) is 8.73. The van der Waals surface area contributed by atoms with Crippen molar-refractivity contribution in [1.29, 1.82) is 0 Å². The molecule has 0 unspecified atom stereocenters. The van der Waals surface area contributed by atoms with Crippen molar-refractivity contribution in [2.24, 2.45) is 5.92 Å². The highest BCUT2D eigenvalue weighted by molar-refractivity contribution is 7.89. The molecule has 8 heteroatoms. The van der Waals surface area contributed by atoms with Crippen LogP contribution < -0.4 is 0 Å². The van der Waals surface area contributed by atoms with Gasteiger partial charge in [-0.1, -0.05) is 0 Å². The Labute approximate surface area is 135 Å². The summed E-state index contributed by atoms with van der Waals surface area (Å²) in [5.74, 6) is -0.925. The van der Waals surface area contributed by atoms with Crippen LogP contribution in [0, 0.1) is 5.92 Å². The first-order valence-electron chi connectivity index (χ1n) is 7.29. The van der Waals surface area contributed by atoms with Gasteiger partial charge in [-0.25, -0.2) is 13.2 Å². The third kappa shape index (κ3) is 3.89. The van der Waals surface area contributed by atoms with Gasteiger partial charge in [0.15, 0.2) is 6.29 Å². The molecule has 1 heterocycles. The largest absolute Gasteiger partial charge is 0.478 e. The fourth-order valence-corrected chi connectivity index (χ4v) is 4.26. The van der Waals surface area contributed by atoms with Gasteiger partial charge in [0.25, 0.3) is 0 Å². The Hall–Kier alpha value is -1.48. The van der Waals surface area contributed by atoms with Crippen LogP contribution >= 0.6 is 0 Å². The molecule has 23 heavy (non-hydrogen) atoms. The van der Waals surface area contributed by atoms with Gasteiger partial charge in [0, 0.05) is 33.2 Å². The third-order valence-electron chi connectivity index (χ3n) is 4.09. The number of carboxylic acids is 1. The third-order valence-corrected chi connectivity index (χ3v) is 6.00. The molecular formula is C15H21NO6S. The van der Waals surface area contributed by atoms with Crippen LogP contribution in [0.1, 0.15) is 23.2 Å². The zero-order valence-corrected chi connectivity index (χ0v) is 14.0. The second-order valence-electron chi connectivity index (χ2n) is 5.41. The minimum atomic E-state index is -3.61. The number of hydrogen-bond donors (Lipinski definition) is 1. The quantitative estimate of drug-likeness (QED) is 0.785. The number of carboxylic acid groups (broad SMARTS) is 1. The van der Waals surface area contributed by atoms with Crippen LogP contribution in [-0.4, -0.2) is 57.4 Å². The van der Waals surface area contributed by atoms with E-state index >= 15 is 0 Å². The van der Waals surface area contributed by atoms with Gasteiger partial charge >= 0.3 is 5.97 Å². The zero-order valence-electron chi connectivity index (χ0n) is 13.1. The number of ether oxygens (including phenoxy) is 2. The number of nitrogens with zero attached hydrogens (tertiary/aromatic N) is 1. The van der Waals surface area contributed by atoms with E-state index in [1.54, 1.807) is 14.2 Å². The maximum atomic E-state index is 12.6. The number of aromatic carboxylic acids is 1. The molecule has 0 aliphatic carbocycles. The molecule has 1 aromatic rings. The topological polar surface area (TPSA) is 93.1 Å². The summed E-state index contributed by atoms with van der Waals surface area (Å²) < 4.78 is 37.1. The summed E-state index contributed by atoms with van der Waals surface area (Å²) in [6.07, 6.45) is 0.979. The normalized spacial score (nSPS) is 17.5. The summed E-state index contributed by atoms with van der Waals surface area (Å²) in [6, 6.07) is 5.26. The van der Waals surface area contributed by atoms with Crippen molar-refractivity contribution >= 4 is 16.0 Å². The van der Waals surface area contributed by atoms with Crippen molar-refractivity contribution in [3.63, 3.8) is 0 Å². The molecule has 1 aromatic carbocycles. The monoisotopic (exact) mass is 343 g/mol. The van der Waals surface area contributed by atoms with E-state index in [4.69, 9.17) is 14.6 Å². The van der Waals surface area contributed by atoms with E-state index < -0.39 is 16.0 Å². The Kier molecular flexibility index (Phi) is 5.74. The lowest BCUT2D eigenvalue weighted by Crippen LogP contribution is -2.42. The summed E-state index contributed by atoms with van der Waals surface area (Å²) in [5.41, 5.74) is 0.0608. The lowest BCUT2D eigenvalue weighted by atomic mass is 9.97. The highest BCUT2D eigenvalue weighted by Crippen LogP contribution is 2.27. The van der Waals surface area contributed by atoms with E-state index in [9.17, 15) is 13.2 Å². The highest BCUT2D eigenvalue weighted by Gasteiger charge is 2.32. The molecule has 0 saturated carbocycles. The molecule has 0 amide bonds. The van der Waals surface area contributed by atoms with Crippen LogP contribution in [0.4, 0.5) is 0 Å². The molecule has 7 nitrogen and oxygen atoms in total. The van der Waals surface area contributed by atoms with Gasteiger partial charge in [-0.15, -0.1) is 0 Å². The van der Waals surface area contributed by atoms with Crippen molar-refractivity contribution in [3.05, 3.63) is 29.8 Å². The molecule has 1 aliphatic rings. The van der Waals surface area contributed by atoms with Crippen LogP contribution in [0.2, 0.25) is 0 Å². The Morgan fingerprint density at radius 1 is 1.17 bits per heavy atom. The van der Waals surface area contributed by atoms with E-state index in [0.717, 1.165) is 0 Å². The molecule has 0 aromatic heterocycles. The summed E-state index contributed by atoms with van der Waals surface area (Å²) in [4.78, 5) is 10.9. The van der Waals surface area contributed by atoms with Crippen molar-refractivity contribution in [1.82, 2.24) is 4.31 Å². The van der Waals surface area contributed by atoms with Crippen molar-refractivity contribution < 1.29 is 27.8 Å². The predicted octanol–water partition coefficient (Wildman–Crippen LogP) is 1.40.